The highest BCUT2D eigenvalue weighted by atomic mass is 16.4. The lowest BCUT2D eigenvalue weighted by molar-refractivity contribution is -0.146. The van der Waals surface area contributed by atoms with Crippen molar-refractivity contribution >= 4 is 11.6 Å². The van der Waals surface area contributed by atoms with E-state index >= 15 is 0 Å². The van der Waals surface area contributed by atoms with E-state index in [1.165, 1.54) is 0 Å². The van der Waals surface area contributed by atoms with E-state index in [0.717, 1.165) is 51.4 Å². The minimum absolute atomic E-state index is 0.167. The quantitative estimate of drug-likeness (QED) is 0.374. The van der Waals surface area contributed by atoms with Crippen LogP contribution in [0, 0.1) is 0 Å². The van der Waals surface area contributed by atoms with Gasteiger partial charge in [-0.3, -0.25) is 9.59 Å². The third-order valence-electron chi connectivity index (χ3n) is 4.36. The van der Waals surface area contributed by atoms with Crippen molar-refractivity contribution in [2.75, 3.05) is 0 Å². The number of rotatable bonds is 16. The van der Waals surface area contributed by atoms with Crippen molar-refractivity contribution in [2.24, 2.45) is 0 Å². The van der Waals surface area contributed by atoms with E-state index in [4.69, 9.17) is 0 Å². The molecule has 0 fully saturated rings. The van der Waals surface area contributed by atoms with E-state index in [0.29, 0.717) is 12.8 Å². The van der Waals surface area contributed by atoms with Crippen LogP contribution >= 0.6 is 0 Å². The molecule has 0 aromatic heterocycles. The first-order chi connectivity index (χ1) is 11.5. The zero-order valence-electron chi connectivity index (χ0n) is 15.4. The summed E-state index contributed by atoms with van der Waals surface area (Å²) in [6.45, 7) is 4.21. The number of carbonyl (C=O) groups is 2. The molecule has 0 saturated carbocycles. The molecule has 142 valence electrons. The normalized spacial score (nSPS) is 15.0. The topological polar surface area (TPSA) is 94.8 Å². The number of ketones is 2. The summed E-state index contributed by atoms with van der Waals surface area (Å²) in [6, 6.07) is 0. The van der Waals surface area contributed by atoms with Gasteiger partial charge in [0.25, 0.3) is 0 Å². The van der Waals surface area contributed by atoms with Crippen LogP contribution in [0.15, 0.2) is 0 Å². The van der Waals surface area contributed by atoms with Crippen LogP contribution in [0.1, 0.15) is 90.9 Å². The van der Waals surface area contributed by atoms with Gasteiger partial charge < -0.3 is 15.3 Å². The summed E-state index contributed by atoms with van der Waals surface area (Å²) in [5.74, 6) is -1.01. The van der Waals surface area contributed by atoms with Crippen molar-refractivity contribution in [1.82, 2.24) is 0 Å². The first kappa shape index (κ1) is 23.2. The lowest BCUT2D eigenvalue weighted by atomic mass is 9.95. The standard InChI is InChI=1S/C19H36O5/c1-3-5-7-9-11-13-15(20)17(22)19(24)18(23)16(21)14-12-10-8-6-4-2/h17-19,22-24H,3-14H2,1-2H3. The summed E-state index contributed by atoms with van der Waals surface area (Å²) in [6.07, 6.45) is 4.90. The predicted octanol–water partition coefficient (Wildman–Crippen LogP) is 2.93. The average molecular weight is 344 g/mol. The minimum atomic E-state index is -1.73. The fourth-order valence-electron chi connectivity index (χ4n) is 2.65. The molecular formula is C19H36O5. The molecule has 2 unspecified atom stereocenters. The number of aliphatic hydroxyl groups excluding tert-OH is 3. The monoisotopic (exact) mass is 344 g/mol. The van der Waals surface area contributed by atoms with Crippen molar-refractivity contribution < 1.29 is 24.9 Å². The molecule has 0 amide bonds. The molecule has 0 bridgehead atoms. The lowest BCUT2D eigenvalue weighted by Crippen LogP contribution is -2.45. The maximum Gasteiger partial charge on any atom is 0.164 e. The Morgan fingerprint density at radius 2 is 0.958 bits per heavy atom. The Labute approximate surface area is 146 Å². The molecule has 0 aromatic rings. The number of hydrogen-bond donors (Lipinski definition) is 3. The molecule has 2 atom stereocenters. The largest absolute Gasteiger partial charge is 0.387 e. The molecule has 24 heavy (non-hydrogen) atoms. The van der Waals surface area contributed by atoms with Crippen LogP contribution in [0.4, 0.5) is 0 Å². The van der Waals surface area contributed by atoms with E-state index in [9.17, 15) is 24.9 Å². The van der Waals surface area contributed by atoms with E-state index < -0.39 is 29.9 Å². The van der Waals surface area contributed by atoms with Gasteiger partial charge in [-0.05, 0) is 12.8 Å². The first-order valence-electron chi connectivity index (χ1n) is 9.55. The van der Waals surface area contributed by atoms with Crippen LogP contribution < -0.4 is 0 Å². The van der Waals surface area contributed by atoms with Crippen molar-refractivity contribution in [3.63, 3.8) is 0 Å². The number of aliphatic hydroxyl groups is 3. The number of hydrogen-bond acceptors (Lipinski definition) is 5. The fraction of sp³-hybridized carbons (Fsp3) is 0.895. The molecule has 0 aliphatic carbocycles. The van der Waals surface area contributed by atoms with Gasteiger partial charge in [0.15, 0.2) is 11.6 Å². The zero-order valence-corrected chi connectivity index (χ0v) is 15.4. The molecule has 0 rings (SSSR count). The summed E-state index contributed by atoms with van der Waals surface area (Å²) in [5.41, 5.74) is 0. The third kappa shape index (κ3) is 10.2. The highest BCUT2D eigenvalue weighted by Gasteiger charge is 2.33. The molecule has 3 N–H and O–H groups in total. The van der Waals surface area contributed by atoms with Gasteiger partial charge >= 0.3 is 0 Å². The Morgan fingerprint density at radius 3 is 1.29 bits per heavy atom. The zero-order chi connectivity index (χ0) is 18.4. The Morgan fingerprint density at radius 1 is 0.625 bits per heavy atom. The molecular weight excluding hydrogens is 308 g/mol. The second-order valence-electron chi connectivity index (χ2n) is 6.64. The summed E-state index contributed by atoms with van der Waals surface area (Å²) in [7, 11) is 0. The van der Waals surface area contributed by atoms with Gasteiger partial charge in [-0.2, -0.15) is 0 Å². The van der Waals surface area contributed by atoms with Crippen LogP contribution in [0.2, 0.25) is 0 Å². The summed E-state index contributed by atoms with van der Waals surface area (Å²) < 4.78 is 0. The third-order valence-corrected chi connectivity index (χ3v) is 4.36. The van der Waals surface area contributed by atoms with Crippen molar-refractivity contribution in [1.29, 1.82) is 0 Å². The Bertz CT molecular complexity index is 311. The van der Waals surface area contributed by atoms with Crippen molar-refractivity contribution in [3.05, 3.63) is 0 Å². The van der Waals surface area contributed by atoms with Crippen LogP contribution in [0.25, 0.3) is 0 Å². The number of Topliss-reactive ketones (excluding diaryl/α,β-unsaturated/α-hetero) is 2. The van der Waals surface area contributed by atoms with Gasteiger partial charge in [-0.15, -0.1) is 0 Å². The molecule has 0 radical (unpaired) electrons. The first-order valence-corrected chi connectivity index (χ1v) is 9.55. The van der Waals surface area contributed by atoms with Crippen LogP contribution in [-0.4, -0.2) is 45.2 Å². The molecule has 0 spiro atoms. The summed E-state index contributed by atoms with van der Waals surface area (Å²) in [4.78, 5) is 23.7. The van der Waals surface area contributed by atoms with E-state index in [-0.39, 0.29) is 12.8 Å². The van der Waals surface area contributed by atoms with Crippen LogP contribution in [0.3, 0.4) is 0 Å². The van der Waals surface area contributed by atoms with Gasteiger partial charge in [0.05, 0.1) is 0 Å². The molecule has 0 aromatic carbocycles. The Kier molecular flexibility index (Phi) is 14.1. The summed E-state index contributed by atoms with van der Waals surface area (Å²) >= 11 is 0. The minimum Gasteiger partial charge on any atom is -0.387 e. The van der Waals surface area contributed by atoms with Gasteiger partial charge in [-0.1, -0.05) is 65.2 Å². The second kappa shape index (κ2) is 14.6. The number of carbonyl (C=O) groups excluding carboxylic acids is 2. The molecule has 0 aliphatic rings. The predicted molar refractivity (Wildman–Crippen MR) is 94.8 cm³/mol. The number of unbranched alkanes of at least 4 members (excludes halogenated alkanes) is 8. The summed E-state index contributed by atoms with van der Waals surface area (Å²) in [5, 5.41) is 29.5. The highest BCUT2D eigenvalue weighted by molar-refractivity contribution is 5.87. The SMILES string of the molecule is CCCCCCCC(=O)C(O)C(O)C(O)C(=O)CCCCCCC. The Balaban J connectivity index is 4.07. The smallest absolute Gasteiger partial charge is 0.164 e. The van der Waals surface area contributed by atoms with E-state index in [1.807, 2.05) is 0 Å². The van der Waals surface area contributed by atoms with Crippen LogP contribution in [-0.2, 0) is 9.59 Å². The molecule has 0 heterocycles. The van der Waals surface area contributed by atoms with E-state index in [2.05, 4.69) is 13.8 Å². The maximum atomic E-state index is 11.8. The van der Waals surface area contributed by atoms with Gasteiger partial charge in [0, 0.05) is 12.8 Å². The van der Waals surface area contributed by atoms with Crippen LogP contribution in [0.5, 0.6) is 0 Å². The van der Waals surface area contributed by atoms with Gasteiger partial charge in [0.2, 0.25) is 0 Å². The molecule has 0 saturated heterocycles. The second-order valence-corrected chi connectivity index (χ2v) is 6.64. The molecule has 5 nitrogen and oxygen atoms in total. The maximum absolute atomic E-state index is 11.8. The van der Waals surface area contributed by atoms with Crippen molar-refractivity contribution in [2.45, 2.75) is 109 Å². The Hall–Kier alpha value is -0.780. The van der Waals surface area contributed by atoms with Crippen molar-refractivity contribution in [3.8, 4) is 0 Å². The molecule has 5 heteroatoms. The highest BCUT2D eigenvalue weighted by Crippen LogP contribution is 2.12. The van der Waals surface area contributed by atoms with E-state index in [1.54, 1.807) is 0 Å². The molecule has 0 aliphatic heterocycles. The van der Waals surface area contributed by atoms with Gasteiger partial charge in [-0.25, -0.2) is 0 Å². The average Bonchev–Trinajstić information content (AvgIpc) is 2.58. The fourth-order valence-corrected chi connectivity index (χ4v) is 2.65. The lowest BCUT2D eigenvalue weighted by Gasteiger charge is -2.21. The van der Waals surface area contributed by atoms with Gasteiger partial charge in [0.1, 0.15) is 18.3 Å².